The van der Waals surface area contributed by atoms with Crippen LogP contribution in [0, 0.1) is 0 Å². The van der Waals surface area contributed by atoms with Gasteiger partial charge in [-0.15, -0.1) is 0 Å². The van der Waals surface area contributed by atoms with Gasteiger partial charge in [-0.25, -0.2) is 9.78 Å². The van der Waals surface area contributed by atoms with Crippen molar-refractivity contribution in [3.05, 3.63) is 41.9 Å². The summed E-state index contributed by atoms with van der Waals surface area (Å²) in [5.74, 6) is 0. The first-order valence-corrected chi connectivity index (χ1v) is 8.57. The second kappa shape index (κ2) is 7.57. The highest BCUT2D eigenvalue weighted by Crippen LogP contribution is 2.31. The van der Waals surface area contributed by atoms with Gasteiger partial charge >= 0.3 is 6.03 Å². The number of nitrogens with zero attached hydrogens (tertiary/aromatic N) is 3. The number of imidazole rings is 1. The summed E-state index contributed by atoms with van der Waals surface area (Å²) in [6.45, 7) is 4.70. The number of amides is 2. The van der Waals surface area contributed by atoms with Crippen molar-refractivity contribution >= 4 is 29.0 Å². The van der Waals surface area contributed by atoms with Crippen molar-refractivity contribution in [2.24, 2.45) is 0 Å². The molecule has 1 aromatic carbocycles. The van der Waals surface area contributed by atoms with Crippen LogP contribution in [0.1, 0.15) is 19.8 Å². The number of benzene rings is 1. The van der Waals surface area contributed by atoms with Crippen LogP contribution in [0.2, 0.25) is 5.02 Å². The Morgan fingerprint density at radius 3 is 2.83 bits per heavy atom. The Labute approximate surface area is 146 Å². The van der Waals surface area contributed by atoms with E-state index in [4.69, 9.17) is 11.6 Å². The first kappa shape index (κ1) is 16.6. The first-order valence-electron chi connectivity index (χ1n) is 8.19. The van der Waals surface area contributed by atoms with Crippen LogP contribution in [0.15, 0.2) is 36.9 Å². The lowest BCUT2D eigenvalue weighted by atomic mass is 10.2. The number of rotatable bonds is 5. The predicted octanol–water partition coefficient (Wildman–Crippen LogP) is 3.35. The zero-order valence-corrected chi connectivity index (χ0v) is 14.5. The van der Waals surface area contributed by atoms with Crippen molar-refractivity contribution in [1.29, 1.82) is 0 Å². The summed E-state index contributed by atoms with van der Waals surface area (Å²) in [7, 11) is 0. The van der Waals surface area contributed by atoms with E-state index in [2.05, 4.69) is 20.5 Å². The van der Waals surface area contributed by atoms with Gasteiger partial charge in [-0.3, -0.25) is 0 Å². The molecule has 1 aromatic heterocycles. The van der Waals surface area contributed by atoms with Crippen molar-refractivity contribution in [2.75, 3.05) is 23.3 Å². The maximum Gasteiger partial charge on any atom is 0.319 e. The maximum absolute atomic E-state index is 12.1. The monoisotopic (exact) mass is 347 g/mol. The Kier molecular flexibility index (Phi) is 5.25. The van der Waals surface area contributed by atoms with Crippen LogP contribution in [0.5, 0.6) is 0 Å². The van der Waals surface area contributed by atoms with Gasteiger partial charge in [-0.05, 0) is 38.0 Å². The highest BCUT2D eigenvalue weighted by Gasteiger charge is 2.16. The van der Waals surface area contributed by atoms with Crippen LogP contribution in [-0.4, -0.2) is 34.7 Å². The van der Waals surface area contributed by atoms with Gasteiger partial charge in [0.1, 0.15) is 0 Å². The third kappa shape index (κ3) is 4.20. The number of anilines is 2. The third-order valence-electron chi connectivity index (χ3n) is 4.07. The van der Waals surface area contributed by atoms with Gasteiger partial charge in [0.15, 0.2) is 0 Å². The predicted molar refractivity (Wildman–Crippen MR) is 96.7 cm³/mol. The van der Waals surface area contributed by atoms with Gasteiger partial charge in [0.2, 0.25) is 0 Å². The molecule has 0 bridgehead atoms. The molecule has 3 rings (SSSR count). The number of aromatic nitrogens is 2. The Morgan fingerprint density at radius 1 is 1.38 bits per heavy atom. The van der Waals surface area contributed by atoms with E-state index in [9.17, 15) is 4.79 Å². The lowest BCUT2D eigenvalue weighted by molar-refractivity contribution is 0.248. The van der Waals surface area contributed by atoms with E-state index in [-0.39, 0.29) is 12.1 Å². The molecular formula is C17H22ClN5O. The molecule has 1 saturated heterocycles. The molecule has 1 aliphatic rings. The Bertz CT molecular complexity index is 682. The molecule has 0 saturated carbocycles. The van der Waals surface area contributed by atoms with Crippen LogP contribution < -0.4 is 15.5 Å². The smallest absolute Gasteiger partial charge is 0.319 e. The molecule has 7 heteroatoms. The number of urea groups is 1. The molecule has 0 radical (unpaired) electrons. The average Bonchev–Trinajstić information content (AvgIpc) is 3.20. The zero-order valence-electron chi connectivity index (χ0n) is 13.7. The second-order valence-electron chi connectivity index (χ2n) is 6.12. The topological polar surface area (TPSA) is 62.2 Å². The van der Waals surface area contributed by atoms with Gasteiger partial charge in [0, 0.05) is 43.8 Å². The molecule has 1 aliphatic heterocycles. The molecule has 1 atom stereocenters. The van der Waals surface area contributed by atoms with Crippen molar-refractivity contribution in [3.63, 3.8) is 0 Å². The molecule has 1 fully saturated rings. The van der Waals surface area contributed by atoms with Crippen LogP contribution in [-0.2, 0) is 6.54 Å². The van der Waals surface area contributed by atoms with E-state index in [1.54, 1.807) is 18.6 Å². The maximum atomic E-state index is 12.1. The lowest BCUT2D eigenvalue weighted by Crippen LogP contribution is -2.38. The van der Waals surface area contributed by atoms with E-state index in [1.165, 1.54) is 12.8 Å². The van der Waals surface area contributed by atoms with Gasteiger partial charge in [0.25, 0.3) is 0 Å². The second-order valence-corrected chi connectivity index (χ2v) is 6.53. The normalized spacial score (nSPS) is 15.3. The van der Waals surface area contributed by atoms with E-state index in [0.29, 0.717) is 17.3 Å². The number of carbonyl (C=O) groups excluding carboxylic acids is 1. The summed E-state index contributed by atoms with van der Waals surface area (Å²) in [5, 5.41) is 6.40. The van der Waals surface area contributed by atoms with Crippen LogP contribution >= 0.6 is 11.6 Å². The zero-order chi connectivity index (χ0) is 16.9. The number of carbonyl (C=O) groups is 1. The molecule has 0 unspecified atom stereocenters. The van der Waals surface area contributed by atoms with Crippen LogP contribution in [0.3, 0.4) is 0 Å². The fourth-order valence-electron chi connectivity index (χ4n) is 2.95. The van der Waals surface area contributed by atoms with Crippen LogP contribution in [0.4, 0.5) is 16.2 Å². The lowest BCUT2D eigenvalue weighted by Gasteiger charge is -2.20. The molecule has 2 heterocycles. The molecule has 2 amide bonds. The van der Waals surface area contributed by atoms with E-state index >= 15 is 0 Å². The van der Waals surface area contributed by atoms with Gasteiger partial charge in [-0.1, -0.05) is 11.6 Å². The summed E-state index contributed by atoms with van der Waals surface area (Å²) in [4.78, 5) is 18.4. The van der Waals surface area contributed by atoms with Crippen molar-refractivity contribution in [3.8, 4) is 0 Å². The quantitative estimate of drug-likeness (QED) is 0.871. The fraction of sp³-hybridized carbons (Fsp3) is 0.412. The minimum Gasteiger partial charge on any atom is -0.370 e. The largest absolute Gasteiger partial charge is 0.370 e. The minimum atomic E-state index is -0.243. The molecule has 128 valence electrons. The SMILES string of the molecule is C[C@H](Cn1ccnc1)NC(=O)Nc1ccc(N2CCCC2)c(Cl)c1. The number of hydrogen-bond acceptors (Lipinski definition) is 3. The Balaban J connectivity index is 1.55. The summed E-state index contributed by atoms with van der Waals surface area (Å²) < 4.78 is 1.92. The standard InChI is InChI=1S/C17H22ClN5O/c1-13(11-22-9-6-19-12-22)20-17(24)21-14-4-5-16(15(18)10-14)23-7-2-3-8-23/h4-6,9-10,12-13H,2-3,7-8,11H2,1H3,(H2,20,21,24)/t13-/m1/s1. The van der Waals surface area contributed by atoms with Crippen LogP contribution in [0.25, 0.3) is 0 Å². The molecule has 6 nitrogen and oxygen atoms in total. The molecule has 24 heavy (non-hydrogen) atoms. The van der Waals surface area contributed by atoms with E-state index in [1.807, 2.05) is 29.8 Å². The minimum absolute atomic E-state index is 0.0152. The Hall–Kier alpha value is -2.21. The highest BCUT2D eigenvalue weighted by atomic mass is 35.5. The van der Waals surface area contributed by atoms with Crippen molar-refractivity contribution < 1.29 is 4.79 Å². The van der Waals surface area contributed by atoms with E-state index < -0.39 is 0 Å². The summed E-state index contributed by atoms with van der Waals surface area (Å²) in [6.07, 6.45) is 7.72. The summed E-state index contributed by atoms with van der Waals surface area (Å²) >= 11 is 6.37. The summed E-state index contributed by atoms with van der Waals surface area (Å²) in [5.41, 5.74) is 1.73. The van der Waals surface area contributed by atoms with Gasteiger partial charge in [-0.2, -0.15) is 0 Å². The third-order valence-corrected chi connectivity index (χ3v) is 4.38. The Morgan fingerprint density at radius 2 is 2.17 bits per heavy atom. The fourth-order valence-corrected chi connectivity index (χ4v) is 3.25. The number of hydrogen-bond donors (Lipinski definition) is 2. The molecule has 0 spiro atoms. The number of halogens is 1. The van der Waals surface area contributed by atoms with Crippen molar-refractivity contribution in [1.82, 2.24) is 14.9 Å². The molecule has 0 aliphatic carbocycles. The first-order chi connectivity index (χ1) is 11.6. The van der Waals surface area contributed by atoms with E-state index in [0.717, 1.165) is 18.8 Å². The van der Waals surface area contributed by atoms with Gasteiger partial charge in [0.05, 0.1) is 17.0 Å². The number of nitrogens with one attached hydrogen (secondary N) is 2. The average molecular weight is 348 g/mol. The molecule has 2 N–H and O–H groups in total. The molecule has 2 aromatic rings. The summed E-state index contributed by atoms with van der Waals surface area (Å²) in [6, 6.07) is 5.40. The van der Waals surface area contributed by atoms with Crippen molar-refractivity contribution in [2.45, 2.75) is 32.4 Å². The highest BCUT2D eigenvalue weighted by molar-refractivity contribution is 6.33. The van der Waals surface area contributed by atoms with Gasteiger partial charge < -0.3 is 20.1 Å². The molecular weight excluding hydrogens is 326 g/mol.